The first-order valence-electron chi connectivity index (χ1n) is 14.0. The van der Waals surface area contributed by atoms with Crippen LogP contribution in [0.2, 0.25) is 0 Å². The molecular formula is C30H48O5. The molecule has 0 aromatic rings. The van der Waals surface area contributed by atoms with E-state index in [0.29, 0.717) is 18.6 Å². The molecule has 0 radical (unpaired) electrons. The number of carbonyl (C=O) groups excluding carboxylic acids is 1. The molecule has 0 amide bonds. The number of hydrogen-bond acceptors (Lipinski definition) is 5. The molecule has 4 aliphatic carbocycles. The third kappa shape index (κ3) is 3.11. The van der Waals surface area contributed by atoms with E-state index >= 15 is 0 Å². The van der Waals surface area contributed by atoms with Crippen LogP contribution in [0.5, 0.6) is 0 Å². The zero-order valence-electron chi connectivity index (χ0n) is 23.1. The van der Waals surface area contributed by atoms with Crippen molar-refractivity contribution >= 4 is 5.78 Å². The smallest absolute Gasteiger partial charge is 0.138 e. The molecule has 10 atom stereocenters. The molecule has 1 heterocycles. The quantitative estimate of drug-likeness (QED) is 0.486. The molecule has 5 rings (SSSR count). The topological polar surface area (TPSA) is 87.0 Å². The van der Waals surface area contributed by atoms with Gasteiger partial charge in [0, 0.05) is 17.8 Å². The fraction of sp³-hybridized carbons (Fsp3) is 0.900. The molecule has 5 heteroatoms. The molecule has 1 aliphatic heterocycles. The molecule has 3 N–H and O–H groups in total. The molecule has 0 unspecified atom stereocenters. The number of hydrogen-bond donors (Lipinski definition) is 3. The summed E-state index contributed by atoms with van der Waals surface area (Å²) in [7, 11) is 0. The highest BCUT2D eigenvalue weighted by molar-refractivity contribution is 5.85. The minimum atomic E-state index is -1.23. The molecule has 4 fully saturated rings. The van der Waals surface area contributed by atoms with E-state index in [1.54, 1.807) is 13.8 Å². The van der Waals surface area contributed by atoms with E-state index < -0.39 is 29.5 Å². The average molecular weight is 489 g/mol. The van der Waals surface area contributed by atoms with Crippen molar-refractivity contribution in [2.75, 3.05) is 0 Å². The Labute approximate surface area is 211 Å². The van der Waals surface area contributed by atoms with Crippen LogP contribution in [0.3, 0.4) is 0 Å². The monoisotopic (exact) mass is 488 g/mol. The summed E-state index contributed by atoms with van der Waals surface area (Å²) in [6.45, 7) is 16.9. The molecule has 5 aliphatic rings. The van der Waals surface area contributed by atoms with Crippen molar-refractivity contribution in [2.24, 2.45) is 39.4 Å². The van der Waals surface area contributed by atoms with Crippen LogP contribution in [0.25, 0.3) is 0 Å². The van der Waals surface area contributed by atoms with Crippen LogP contribution < -0.4 is 0 Å². The number of ether oxygens (including phenoxy) is 1. The van der Waals surface area contributed by atoms with Crippen molar-refractivity contribution < 1.29 is 24.9 Å². The second-order valence-corrected chi connectivity index (χ2v) is 14.8. The summed E-state index contributed by atoms with van der Waals surface area (Å²) in [4.78, 5) is 12.9. The SMILES string of the molecule is C[C@@H]1C[C@@H]([C@H](O)C(C)(C)O)O[C@]12CC[C@@]1(C)C2=C[C@H](O)[C@H]2[C@@]3(C)CCC(=O)C(C)(C)[C@@H]3CC[C@@]21C. The molecule has 1 spiro atoms. The van der Waals surface area contributed by atoms with Gasteiger partial charge in [-0.15, -0.1) is 0 Å². The molecule has 198 valence electrons. The summed E-state index contributed by atoms with van der Waals surface area (Å²) >= 11 is 0. The van der Waals surface area contributed by atoms with Gasteiger partial charge in [-0.2, -0.15) is 0 Å². The predicted molar refractivity (Wildman–Crippen MR) is 136 cm³/mol. The van der Waals surface area contributed by atoms with Crippen molar-refractivity contribution in [1.29, 1.82) is 0 Å². The predicted octanol–water partition coefficient (Wildman–Crippen LogP) is 4.81. The maximum atomic E-state index is 12.9. The van der Waals surface area contributed by atoms with Gasteiger partial charge in [0.1, 0.15) is 11.9 Å². The summed E-state index contributed by atoms with van der Waals surface area (Å²) < 4.78 is 6.76. The highest BCUT2D eigenvalue weighted by Gasteiger charge is 2.72. The lowest BCUT2D eigenvalue weighted by Crippen LogP contribution is -2.65. The Morgan fingerprint density at radius 1 is 1.09 bits per heavy atom. The van der Waals surface area contributed by atoms with E-state index in [2.05, 4.69) is 47.6 Å². The van der Waals surface area contributed by atoms with E-state index in [9.17, 15) is 20.1 Å². The molecule has 5 nitrogen and oxygen atoms in total. The zero-order valence-corrected chi connectivity index (χ0v) is 23.1. The fourth-order valence-electron chi connectivity index (χ4n) is 10.3. The van der Waals surface area contributed by atoms with Gasteiger partial charge in [-0.3, -0.25) is 4.79 Å². The van der Waals surface area contributed by atoms with Crippen LogP contribution >= 0.6 is 0 Å². The first-order chi connectivity index (χ1) is 15.9. The second kappa shape index (κ2) is 7.42. The van der Waals surface area contributed by atoms with Gasteiger partial charge < -0.3 is 20.1 Å². The Balaban J connectivity index is 1.57. The van der Waals surface area contributed by atoms with E-state index in [1.807, 2.05) is 0 Å². The number of aliphatic hydroxyl groups is 3. The summed E-state index contributed by atoms with van der Waals surface area (Å²) in [6.07, 6.45) is 6.23. The molecule has 3 saturated carbocycles. The largest absolute Gasteiger partial charge is 0.389 e. The number of ketones is 1. The van der Waals surface area contributed by atoms with Gasteiger partial charge in [-0.25, -0.2) is 0 Å². The fourth-order valence-corrected chi connectivity index (χ4v) is 10.3. The van der Waals surface area contributed by atoms with E-state index in [1.165, 1.54) is 5.57 Å². The number of aliphatic hydroxyl groups excluding tert-OH is 2. The number of carbonyl (C=O) groups is 1. The normalized spacial score (nSPS) is 52.0. The van der Waals surface area contributed by atoms with Crippen molar-refractivity contribution in [3.05, 3.63) is 11.6 Å². The first kappa shape index (κ1) is 25.9. The van der Waals surface area contributed by atoms with Gasteiger partial charge in [0.25, 0.3) is 0 Å². The summed E-state index contributed by atoms with van der Waals surface area (Å²) in [5.74, 6) is 0.953. The number of Topliss-reactive ketones (excluding diaryl/α,β-unsaturated/α-hetero) is 1. The third-order valence-corrected chi connectivity index (χ3v) is 12.4. The zero-order chi connectivity index (χ0) is 26.0. The lowest BCUT2D eigenvalue weighted by molar-refractivity contribution is -0.197. The molecule has 1 saturated heterocycles. The van der Waals surface area contributed by atoms with Crippen LogP contribution in [0.1, 0.15) is 100 Å². The highest BCUT2D eigenvalue weighted by atomic mass is 16.5. The van der Waals surface area contributed by atoms with Crippen LogP contribution in [0, 0.1) is 39.4 Å². The highest BCUT2D eigenvalue weighted by Crippen LogP contribution is 2.75. The van der Waals surface area contributed by atoms with Crippen LogP contribution in [-0.4, -0.2) is 50.6 Å². The summed E-state index contributed by atoms with van der Waals surface area (Å²) in [5, 5.41) is 33.2. The van der Waals surface area contributed by atoms with E-state index in [4.69, 9.17) is 4.74 Å². The van der Waals surface area contributed by atoms with Crippen molar-refractivity contribution in [3.63, 3.8) is 0 Å². The average Bonchev–Trinajstić information content (AvgIpc) is 3.22. The lowest BCUT2D eigenvalue weighted by Gasteiger charge is -2.68. The lowest BCUT2D eigenvalue weighted by atomic mass is 9.36. The standard InChI is InChI=1S/C30H48O5/c1-17-15-19(24(33)26(4,5)34)35-30(17)14-13-28(7)21(30)16-18(31)23-27(6)11-10-22(32)25(2,3)20(27)9-12-29(23,28)8/h16-20,23-24,31,33-34H,9-15H2,1-8H3/t17-,18+,19+,20+,23+,24+,27+,28+,29+,30-/m1/s1. The minimum Gasteiger partial charge on any atom is -0.389 e. The van der Waals surface area contributed by atoms with Gasteiger partial charge in [0.05, 0.1) is 23.4 Å². The molecule has 35 heavy (non-hydrogen) atoms. The Morgan fingerprint density at radius 2 is 1.74 bits per heavy atom. The van der Waals surface area contributed by atoms with Crippen molar-refractivity contribution in [3.8, 4) is 0 Å². The molecule has 0 aromatic heterocycles. The van der Waals surface area contributed by atoms with Crippen LogP contribution in [-0.2, 0) is 9.53 Å². The summed E-state index contributed by atoms with van der Waals surface area (Å²) in [6, 6.07) is 0. The Hall–Kier alpha value is -0.750. The van der Waals surface area contributed by atoms with Gasteiger partial charge >= 0.3 is 0 Å². The number of fused-ring (bicyclic) bond motifs is 6. The Morgan fingerprint density at radius 3 is 2.37 bits per heavy atom. The van der Waals surface area contributed by atoms with Crippen LogP contribution in [0.4, 0.5) is 0 Å². The Kier molecular flexibility index (Phi) is 5.49. The van der Waals surface area contributed by atoms with Gasteiger partial charge in [0.2, 0.25) is 0 Å². The summed E-state index contributed by atoms with van der Waals surface area (Å²) in [5.41, 5.74) is -1.15. The van der Waals surface area contributed by atoms with Gasteiger partial charge in [-0.1, -0.05) is 47.6 Å². The van der Waals surface area contributed by atoms with Gasteiger partial charge in [-0.05, 0) is 86.0 Å². The van der Waals surface area contributed by atoms with E-state index in [-0.39, 0.29) is 39.4 Å². The van der Waals surface area contributed by atoms with Crippen molar-refractivity contribution in [2.45, 2.75) is 130 Å². The van der Waals surface area contributed by atoms with Crippen molar-refractivity contribution in [1.82, 2.24) is 0 Å². The second-order valence-electron chi connectivity index (χ2n) is 14.8. The maximum Gasteiger partial charge on any atom is 0.138 e. The Bertz CT molecular complexity index is 947. The van der Waals surface area contributed by atoms with Crippen LogP contribution in [0.15, 0.2) is 11.6 Å². The van der Waals surface area contributed by atoms with E-state index in [0.717, 1.165) is 32.1 Å². The molecule has 0 bridgehead atoms. The number of rotatable bonds is 2. The first-order valence-corrected chi connectivity index (χ1v) is 14.0. The molecular weight excluding hydrogens is 440 g/mol. The van der Waals surface area contributed by atoms with Gasteiger partial charge in [0.15, 0.2) is 0 Å². The maximum absolute atomic E-state index is 12.9. The third-order valence-electron chi connectivity index (χ3n) is 12.4. The molecule has 0 aromatic carbocycles. The minimum absolute atomic E-state index is 0.0909.